The Morgan fingerprint density at radius 1 is 1.36 bits per heavy atom. The maximum atomic E-state index is 12.6. The molecule has 1 aromatic rings. The van der Waals surface area contributed by atoms with Gasteiger partial charge >= 0.3 is 6.18 Å². The standard InChI is InChI=1S/C15H16F3NO3/c16-15(17,18)10-2-1-3-11(6-10)22-12-7-14(8-12)4-5-19(9-14)13(20)21/h1-3,6,12H,4-5,7-9H2,(H,20,21)/p-1. The monoisotopic (exact) mass is 314 g/mol. The molecule has 3 rings (SSSR count). The van der Waals surface area contributed by atoms with Gasteiger partial charge in [0, 0.05) is 13.1 Å². The second kappa shape index (κ2) is 5.07. The van der Waals surface area contributed by atoms with Crippen molar-refractivity contribution in [2.45, 2.75) is 31.5 Å². The first kappa shape index (κ1) is 15.0. The van der Waals surface area contributed by atoms with Crippen LogP contribution in [-0.4, -0.2) is 30.2 Å². The molecule has 120 valence electrons. The molecule has 1 spiro atoms. The van der Waals surface area contributed by atoms with Crippen molar-refractivity contribution in [1.82, 2.24) is 4.90 Å². The molecule has 0 radical (unpaired) electrons. The van der Waals surface area contributed by atoms with E-state index in [0.717, 1.165) is 18.6 Å². The first-order valence-electron chi connectivity index (χ1n) is 7.07. The predicted molar refractivity (Wildman–Crippen MR) is 69.1 cm³/mol. The number of hydrogen-bond donors (Lipinski definition) is 0. The van der Waals surface area contributed by atoms with Gasteiger partial charge in [0.2, 0.25) is 0 Å². The number of amides is 1. The van der Waals surface area contributed by atoms with E-state index in [-0.39, 0.29) is 17.3 Å². The minimum atomic E-state index is -4.39. The van der Waals surface area contributed by atoms with Gasteiger partial charge in [0.1, 0.15) is 11.8 Å². The summed E-state index contributed by atoms with van der Waals surface area (Å²) in [5.41, 5.74) is -0.824. The number of alkyl halides is 3. The largest absolute Gasteiger partial charge is 0.530 e. The molecule has 0 aromatic heterocycles. The highest BCUT2D eigenvalue weighted by atomic mass is 19.4. The summed E-state index contributed by atoms with van der Waals surface area (Å²) in [6.07, 6.45) is -3.64. The van der Waals surface area contributed by atoms with Crippen LogP contribution in [0.5, 0.6) is 5.75 Å². The zero-order chi connectivity index (χ0) is 16.0. The summed E-state index contributed by atoms with van der Waals surface area (Å²) in [4.78, 5) is 12.1. The second-order valence-corrected chi connectivity index (χ2v) is 6.11. The van der Waals surface area contributed by atoms with Gasteiger partial charge in [-0.15, -0.1) is 0 Å². The zero-order valence-corrected chi connectivity index (χ0v) is 11.7. The van der Waals surface area contributed by atoms with Crippen LogP contribution in [0.2, 0.25) is 0 Å². The Balaban J connectivity index is 1.58. The Labute approximate surface area is 125 Å². The van der Waals surface area contributed by atoms with Crippen molar-refractivity contribution in [2.75, 3.05) is 13.1 Å². The molecule has 1 aliphatic heterocycles. The van der Waals surface area contributed by atoms with Crippen molar-refractivity contribution in [2.24, 2.45) is 5.41 Å². The fraction of sp³-hybridized carbons (Fsp3) is 0.533. The fourth-order valence-electron chi connectivity index (χ4n) is 3.35. The average Bonchev–Trinajstić information content (AvgIpc) is 2.83. The number of benzene rings is 1. The van der Waals surface area contributed by atoms with Crippen LogP contribution in [-0.2, 0) is 6.18 Å². The lowest BCUT2D eigenvalue weighted by atomic mass is 9.66. The quantitative estimate of drug-likeness (QED) is 0.841. The third-order valence-electron chi connectivity index (χ3n) is 4.48. The molecule has 1 aliphatic carbocycles. The average molecular weight is 314 g/mol. The lowest BCUT2D eigenvalue weighted by Crippen LogP contribution is -2.48. The van der Waals surface area contributed by atoms with E-state index in [4.69, 9.17) is 4.74 Å². The molecule has 2 aliphatic rings. The summed E-state index contributed by atoms with van der Waals surface area (Å²) in [6, 6.07) is 4.82. The molecule has 1 heterocycles. The van der Waals surface area contributed by atoms with Crippen molar-refractivity contribution in [1.29, 1.82) is 0 Å². The molecular formula is C15H15F3NO3-. The van der Waals surface area contributed by atoms with Crippen molar-refractivity contribution in [3.05, 3.63) is 29.8 Å². The van der Waals surface area contributed by atoms with E-state index in [1.54, 1.807) is 0 Å². The molecule has 4 nitrogen and oxygen atoms in total. The number of carbonyl (C=O) groups is 1. The van der Waals surface area contributed by atoms with Crippen LogP contribution in [0.15, 0.2) is 24.3 Å². The van der Waals surface area contributed by atoms with Crippen LogP contribution >= 0.6 is 0 Å². The SMILES string of the molecule is O=C([O-])N1CCC2(CC(Oc3cccc(C(F)(F)F)c3)C2)C1. The lowest BCUT2D eigenvalue weighted by molar-refractivity contribution is -0.265. The molecule has 22 heavy (non-hydrogen) atoms. The van der Waals surface area contributed by atoms with Crippen LogP contribution in [0.1, 0.15) is 24.8 Å². The van der Waals surface area contributed by atoms with Crippen molar-refractivity contribution in [3.8, 4) is 5.75 Å². The van der Waals surface area contributed by atoms with E-state index in [9.17, 15) is 23.1 Å². The number of ether oxygens (including phenoxy) is 1. The molecule has 1 saturated heterocycles. The Morgan fingerprint density at radius 3 is 2.68 bits per heavy atom. The highest BCUT2D eigenvalue weighted by Crippen LogP contribution is 2.49. The van der Waals surface area contributed by atoms with Gasteiger partial charge < -0.3 is 19.5 Å². The van der Waals surface area contributed by atoms with Gasteiger partial charge in [0.15, 0.2) is 0 Å². The summed E-state index contributed by atoms with van der Waals surface area (Å²) in [5.74, 6) is 0.199. The van der Waals surface area contributed by atoms with Gasteiger partial charge in [-0.05, 0) is 42.9 Å². The number of nitrogens with zero attached hydrogens (tertiary/aromatic N) is 1. The van der Waals surface area contributed by atoms with Gasteiger partial charge in [0.05, 0.1) is 11.7 Å². The number of carbonyl (C=O) groups excluding carboxylic acids is 1. The highest BCUT2D eigenvalue weighted by molar-refractivity contribution is 5.63. The van der Waals surface area contributed by atoms with Crippen molar-refractivity contribution >= 4 is 6.09 Å². The summed E-state index contributed by atoms with van der Waals surface area (Å²) in [7, 11) is 0. The third kappa shape index (κ3) is 2.84. The first-order chi connectivity index (χ1) is 10.3. The fourth-order valence-corrected chi connectivity index (χ4v) is 3.35. The Kier molecular flexibility index (Phi) is 3.45. The Morgan fingerprint density at radius 2 is 2.09 bits per heavy atom. The third-order valence-corrected chi connectivity index (χ3v) is 4.48. The summed E-state index contributed by atoms with van der Waals surface area (Å²) >= 11 is 0. The van der Waals surface area contributed by atoms with E-state index >= 15 is 0 Å². The number of halogens is 3. The molecule has 2 fully saturated rings. The van der Waals surface area contributed by atoms with E-state index in [2.05, 4.69) is 0 Å². The molecule has 1 aromatic carbocycles. The minimum absolute atomic E-state index is 0.0909. The van der Waals surface area contributed by atoms with Crippen LogP contribution < -0.4 is 9.84 Å². The normalized spacial score (nSPS) is 27.8. The molecule has 7 heteroatoms. The summed E-state index contributed by atoms with van der Waals surface area (Å²) < 4.78 is 43.5. The second-order valence-electron chi connectivity index (χ2n) is 6.11. The van der Waals surface area contributed by atoms with Crippen molar-refractivity contribution < 1.29 is 27.8 Å². The topological polar surface area (TPSA) is 52.6 Å². The lowest BCUT2D eigenvalue weighted by Gasteiger charge is -2.44. The summed E-state index contributed by atoms with van der Waals surface area (Å²) in [6.45, 7) is 0.885. The number of hydrogen-bond acceptors (Lipinski definition) is 3. The van der Waals surface area contributed by atoms with Gasteiger partial charge in [-0.3, -0.25) is 0 Å². The zero-order valence-electron chi connectivity index (χ0n) is 11.7. The van der Waals surface area contributed by atoms with Crippen LogP contribution in [0, 0.1) is 5.41 Å². The molecule has 1 amide bonds. The van der Waals surface area contributed by atoms with Crippen LogP contribution in [0.3, 0.4) is 0 Å². The number of likely N-dealkylation sites (tertiary alicyclic amines) is 1. The highest BCUT2D eigenvalue weighted by Gasteiger charge is 2.49. The molecule has 0 unspecified atom stereocenters. The van der Waals surface area contributed by atoms with Crippen LogP contribution in [0.4, 0.5) is 18.0 Å². The Bertz CT molecular complexity index is 582. The molecule has 1 saturated carbocycles. The molecule has 0 bridgehead atoms. The maximum Gasteiger partial charge on any atom is 0.416 e. The van der Waals surface area contributed by atoms with Crippen LogP contribution in [0.25, 0.3) is 0 Å². The number of rotatable bonds is 2. The number of carboxylic acid groups (broad SMARTS) is 1. The minimum Gasteiger partial charge on any atom is -0.530 e. The molecule has 0 N–H and O–H groups in total. The Hall–Kier alpha value is -1.92. The van der Waals surface area contributed by atoms with Gasteiger partial charge in [0.25, 0.3) is 0 Å². The smallest absolute Gasteiger partial charge is 0.416 e. The van der Waals surface area contributed by atoms with E-state index < -0.39 is 17.8 Å². The predicted octanol–water partition coefficient (Wildman–Crippen LogP) is 2.28. The maximum absolute atomic E-state index is 12.6. The molecule has 0 atom stereocenters. The van der Waals surface area contributed by atoms with E-state index in [0.29, 0.717) is 25.9 Å². The first-order valence-corrected chi connectivity index (χ1v) is 7.07. The van der Waals surface area contributed by atoms with Gasteiger partial charge in [-0.25, -0.2) is 0 Å². The molecular weight excluding hydrogens is 299 g/mol. The van der Waals surface area contributed by atoms with E-state index in [1.165, 1.54) is 17.0 Å². The summed E-state index contributed by atoms with van der Waals surface area (Å²) in [5, 5.41) is 10.8. The van der Waals surface area contributed by atoms with Gasteiger partial charge in [-0.2, -0.15) is 13.2 Å². The van der Waals surface area contributed by atoms with Gasteiger partial charge in [-0.1, -0.05) is 6.07 Å². The van der Waals surface area contributed by atoms with E-state index in [1.807, 2.05) is 0 Å². The van der Waals surface area contributed by atoms with Crippen molar-refractivity contribution in [3.63, 3.8) is 0 Å².